The number of fused-ring (bicyclic) bond motifs is 2. The Hall–Kier alpha value is -2.93. The SMILES string of the molecule is O=C1N[C@]2(CCCCc3ccccc32)C(=O)N1C[C@@H](O)COc1ccccc1F. The van der Waals surface area contributed by atoms with Crippen LogP contribution in [0.5, 0.6) is 5.75 Å². The lowest BCUT2D eigenvalue weighted by atomic mass is 9.84. The molecule has 2 atom stereocenters. The number of carbonyl (C=O) groups is 2. The van der Waals surface area contributed by atoms with Gasteiger partial charge in [-0.1, -0.05) is 36.4 Å². The summed E-state index contributed by atoms with van der Waals surface area (Å²) in [7, 11) is 0. The van der Waals surface area contributed by atoms with E-state index >= 15 is 0 Å². The first kappa shape index (κ1) is 19.4. The van der Waals surface area contributed by atoms with Crippen molar-refractivity contribution in [3.8, 4) is 5.75 Å². The van der Waals surface area contributed by atoms with Gasteiger partial charge < -0.3 is 15.2 Å². The van der Waals surface area contributed by atoms with Crippen molar-refractivity contribution in [2.45, 2.75) is 37.3 Å². The first-order valence-electron chi connectivity index (χ1n) is 9.79. The average Bonchev–Trinajstić information content (AvgIpc) is 2.86. The van der Waals surface area contributed by atoms with Gasteiger partial charge in [-0.05, 0) is 48.9 Å². The lowest BCUT2D eigenvalue weighted by Crippen LogP contribution is -2.45. The second kappa shape index (κ2) is 7.83. The number of aliphatic hydroxyl groups excluding tert-OH is 1. The first-order chi connectivity index (χ1) is 14.0. The maximum atomic E-state index is 13.7. The number of para-hydroxylation sites is 1. The largest absolute Gasteiger partial charge is 0.488 e. The third kappa shape index (κ3) is 3.58. The molecule has 1 heterocycles. The number of β-amino-alcohol motifs (C(OH)–C–C–N with tert-alkyl or cyclic N) is 1. The molecular weight excluding hydrogens is 375 g/mol. The Labute approximate surface area is 168 Å². The summed E-state index contributed by atoms with van der Waals surface area (Å²) in [5.41, 5.74) is 0.801. The average molecular weight is 398 g/mol. The Morgan fingerprint density at radius 3 is 2.72 bits per heavy atom. The van der Waals surface area contributed by atoms with Crippen LogP contribution in [0.2, 0.25) is 0 Å². The molecule has 0 unspecified atom stereocenters. The van der Waals surface area contributed by atoms with E-state index in [0.717, 1.165) is 35.3 Å². The summed E-state index contributed by atoms with van der Waals surface area (Å²) in [6.07, 6.45) is 2.00. The fourth-order valence-electron chi connectivity index (χ4n) is 4.15. The molecule has 1 aliphatic heterocycles. The van der Waals surface area contributed by atoms with Crippen molar-refractivity contribution in [1.82, 2.24) is 10.2 Å². The van der Waals surface area contributed by atoms with Gasteiger partial charge in [0, 0.05) is 0 Å². The molecular formula is C22H23FN2O4. The highest BCUT2D eigenvalue weighted by Crippen LogP contribution is 2.39. The number of hydrogen-bond donors (Lipinski definition) is 2. The summed E-state index contributed by atoms with van der Waals surface area (Å²) >= 11 is 0. The minimum atomic E-state index is -1.14. The Morgan fingerprint density at radius 2 is 1.90 bits per heavy atom. The second-order valence-electron chi connectivity index (χ2n) is 7.51. The number of hydrogen-bond acceptors (Lipinski definition) is 4. The second-order valence-corrected chi connectivity index (χ2v) is 7.51. The van der Waals surface area contributed by atoms with Crippen LogP contribution in [0.25, 0.3) is 0 Å². The molecule has 1 aliphatic carbocycles. The van der Waals surface area contributed by atoms with E-state index < -0.39 is 23.5 Å². The van der Waals surface area contributed by atoms with Gasteiger partial charge in [0.05, 0.1) is 6.54 Å². The topological polar surface area (TPSA) is 78.9 Å². The summed E-state index contributed by atoms with van der Waals surface area (Å²) in [5, 5.41) is 13.2. The molecule has 29 heavy (non-hydrogen) atoms. The van der Waals surface area contributed by atoms with Crippen molar-refractivity contribution in [3.63, 3.8) is 0 Å². The normalized spacial score (nSPS) is 22.2. The van der Waals surface area contributed by atoms with Crippen LogP contribution in [0.1, 0.15) is 30.4 Å². The van der Waals surface area contributed by atoms with Crippen LogP contribution in [0.15, 0.2) is 48.5 Å². The van der Waals surface area contributed by atoms with Gasteiger partial charge in [0.15, 0.2) is 11.6 Å². The Morgan fingerprint density at radius 1 is 1.14 bits per heavy atom. The van der Waals surface area contributed by atoms with Crippen LogP contribution in [-0.4, -0.2) is 41.2 Å². The fourth-order valence-corrected chi connectivity index (χ4v) is 4.15. The number of aryl methyl sites for hydroxylation is 1. The van der Waals surface area contributed by atoms with E-state index in [2.05, 4.69) is 5.32 Å². The molecule has 2 aromatic rings. The van der Waals surface area contributed by atoms with Crippen LogP contribution in [-0.2, 0) is 16.8 Å². The standard InChI is InChI=1S/C22H23FN2O4/c23-18-10-3-4-11-19(18)29-14-16(26)13-25-20(27)22(24-21(25)28)12-6-5-8-15-7-1-2-9-17(15)22/h1-4,7,9-11,16,26H,5-6,8,12-14H2,(H,24,28)/t16-,22+/m1/s1. The molecule has 152 valence electrons. The molecule has 6 nitrogen and oxygen atoms in total. The third-order valence-corrected chi connectivity index (χ3v) is 5.56. The Bertz CT molecular complexity index is 935. The van der Waals surface area contributed by atoms with Crippen molar-refractivity contribution in [1.29, 1.82) is 0 Å². The lowest BCUT2D eigenvalue weighted by molar-refractivity contribution is -0.133. The molecule has 2 aromatic carbocycles. The molecule has 3 amide bonds. The lowest BCUT2D eigenvalue weighted by Gasteiger charge is -2.27. The van der Waals surface area contributed by atoms with Gasteiger partial charge in [-0.2, -0.15) is 0 Å². The zero-order valence-corrected chi connectivity index (χ0v) is 15.9. The van der Waals surface area contributed by atoms with E-state index in [9.17, 15) is 19.1 Å². The van der Waals surface area contributed by atoms with E-state index in [1.54, 1.807) is 6.07 Å². The molecule has 1 spiro atoms. The highest BCUT2D eigenvalue weighted by molar-refractivity contribution is 6.07. The minimum absolute atomic E-state index is 0.0120. The zero-order valence-electron chi connectivity index (χ0n) is 15.9. The number of nitrogens with one attached hydrogen (secondary N) is 1. The monoisotopic (exact) mass is 398 g/mol. The van der Waals surface area contributed by atoms with Crippen molar-refractivity contribution < 1.29 is 23.8 Å². The number of rotatable bonds is 5. The molecule has 0 aromatic heterocycles. The molecule has 2 N–H and O–H groups in total. The van der Waals surface area contributed by atoms with Gasteiger partial charge >= 0.3 is 6.03 Å². The smallest absolute Gasteiger partial charge is 0.325 e. The predicted octanol–water partition coefficient (Wildman–Crippen LogP) is 2.74. The van der Waals surface area contributed by atoms with Crippen LogP contribution in [0, 0.1) is 5.82 Å². The van der Waals surface area contributed by atoms with E-state index in [0.29, 0.717) is 6.42 Å². The van der Waals surface area contributed by atoms with Gasteiger partial charge in [0.1, 0.15) is 18.2 Å². The summed E-state index contributed by atoms with van der Waals surface area (Å²) in [6, 6.07) is 13.0. The third-order valence-electron chi connectivity index (χ3n) is 5.56. The van der Waals surface area contributed by atoms with E-state index in [4.69, 9.17) is 4.74 Å². The van der Waals surface area contributed by atoms with Crippen molar-refractivity contribution in [2.24, 2.45) is 0 Å². The number of urea groups is 1. The Balaban J connectivity index is 1.49. The summed E-state index contributed by atoms with van der Waals surface area (Å²) < 4.78 is 18.9. The van der Waals surface area contributed by atoms with Crippen molar-refractivity contribution in [3.05, 3.63) is 65.5 Å². The number of nitrogens with zero attached hydrogens (tertiary/aromatic N) is 1. The predicted molar refractivity (Wildman–Crippen MR) is 104 cm³/mol. The molecule has 0 bridgehead atoms. The number of aliphatic hydroxyl groups is 1. The highest BCUT2D eigenvalue weighted by Gasteiger charge is 2.53. The maximum Gasteiger partial charge on any atom is 0.325 e. The highest BCUT2D eigenvalue weighted by atomic mass is 19.1. The van der Waals surface area contributed by atoms with Crippen LogP contribution < -0.4 is 10.1 Å². The van der Waals surface area contributed by atoms with E-state index in [1.165, 1.54) is 18.2 Å². The number of carbonyl (C=O) groups excluding carboxylic acids is 2. The minimum Gasteiger partial charge on any atom is -0.488 e. The van der Waals surface area contributed by atoms with Gasteiger partial charge in [0.25, 0.3) is 5.91 Å². The number of imide groups is 1. The molecule has 1 fully saturated rings. The molecule has 1 saturated heterocycles. The van der Waals surface area contributed by atoms with Crippen LogP contribution >= 0.6 is 0 Å². The number of benzene rings is 2. The number of halogens is 1. The molecule has 0 radical (unpaired) electrons. The van der Waals surface area contributed by atoms with E-state index in [-0.39, 0.29) is 24.8 Å². The number of ether oxygens (including phenoxy) is 1. The molecule has 2 aliphatic rings. The summed E-state index contributed by atoms with van der Waals surface area (Å²) in [6.45, 7) is -0.454. The van der Waals surface area contributed by atoms with Crippen LogP contribution in [0.4, 0.5) is 9.18 Å². The summed E-state index contributed by atoms with van der Waals surface area (Å²) in [4.78, 5) is 27.0. The van der Waals surface area contributed by atoms with E-state index in [1.807, 2.05) is 24.3 Å². The van der Waals surface area contributed by atoms with Crippen molar-refractivity contribution >= 4 is 11.9 Å². The van der Waals surface area contributed by atoms with Gasteiger partial charge in [-0.15, -0.1) is 0 Å². The van der Waals surface area contributed by atoms with Gasteiger partial charge in [0.2, 0.25) is 0 Å². The van der Waals surface area contributed by atoms with Crippen molar-refractivity contribution in [2.75, 3.05) is 13.2 Å². The molecule has 7 heteroatoms. The Kier molecular flexibility index (Phi) is 5.24. The first-order valence-corrected chi connectivity index (χ1v) is 9.79. The zero-order chi connectivity index (χ0) is 20.4. The molecule has 4 rings (SSSR count). The number of amides is 3. The van der Waals surface area contributed by atoms with Gasteiger partial charge in [-0.25, -0.2) is 9.18 Å². The quantitative estimate of drug-likeness (QED) is 0.759. The molecule has 0 saturated carbocycles. The maximum absolute atomic E-state index is 13.7. The van der Waals surface area contributed by atoms with Crippen LogP contribution in [0.3, 0.4) is 0 Å². The fraction of sp³-hybridized carbons (Fsp3) is 0.364. The van der Waals surface area contributed by atoms with Gasteiger partial charge in [-0.3, -0.25) is 9.69 Å². The summed E-state index contributed by atoms with van der Waals surface area (Å²) in [5.74, 6) is -0.886.